The van der Waals surface area contributed by atoms with Gasteiger partial charge in [-0.3, -0.25) is 4.79 Å². The molecule has 21 heavy (non-hydrogen) atoms. The zero-order valence-corrected chi connectivity index (χ0v) is 13.7. The molecule has 0 aliphatic carbocycles. The van der Waals surface area contributed by atoms with Gasteiger partial charge in [-0.25, -0.2) is 0 Å². The highest BCUT2D eigenvalue weighted by atomic mass is 35.5. The van der Waals surface area contributed by atoms with Crippen molar-refractivity contribution in [1.29, 1.82) is 0 Å². The van der Waals surface area contributed by atoms with Crippen LogP contribution >= 0.6 is 11.6 Å². The topological polar surface area (TPSA) is 44.4 Å². The second kappa shape index (κ2) is 7.25. The Morgan fingerprint density at radius 1 is 1.38 bits per heavy atom. The Kier molecular flexibility index (Phi) is 5.62. The van der Waals surface area contributed by atoms with E-state index in [-0.39, 0.29) is 11.9 Å². The number of anilines is 1. The fraction of sp³-hybridized carbons (Fsp3) is 0.562. The maximum absolute atomic E-state index is 12.3. The van der Waals surface area contributed by atoms with Gasteiger partial charge < -0.3 is 15.5 Å². The molecule has 2 N–H and O–H groups in total. The van der Waals surface area contributed by atoms with Crippen LogP contribution in [0.3, 0.4) is 0 Å². The van der Waals surface area contributed by atoms with E-state index in [0.29, 0.717) is 11.1 Å². The van der Waals surface area contributed by atoms with Gasteiger partial charge in [-0.05, 0) is 64.5 Å². The Morgan fingerprint density at radius 2 is 2.05 bits per heavy atom. The number of amides is 1. The molecule has 2 rings (SSSR count). The first-order chi connectivity index (χ1) is 9.97. The van der Waals surface area contributed by atoms with Gasteiger partial charge >= 0.3 is 0 Å². The maximum atomic E-state index is 12.3. The summed E-state index contributed by atoms with van der Waals surface area (Å²) in [6.07, 6.45) is 2.18. The molecule has 1 heterocycles. The first kappa shape index (κ1) is 16.3. The summed E-state index contributed by atoms with van der Waals surface area (Å²) in [5.41, 5.74) is 1.68. The van der Waals surface area contributed by atoms with Gasteiger partial charge in [0.05, 0.1) is 6.04 Å². The summed E-state index contributed by atoms with van der Waals surface area (Å²) >= 11 is 6.07. The van der Waals surface area contributed by atoms with Gasteiger partial charge in [0.15, 0.2) is 0 Å². The van der Waals surface area contributed by atoms with Crippen molar-refractivity contribution < 1.29 is 4.79 Å². The van der Waals surface area contributed by atoms with Crippen LogP contribution < -0.4 is 10.6 Å². The van der Waals surface area contributed by atoms with Gasteiger partial charge in [0.25, 0.3) is 0 Å². The molecule has 1 saturated heterocycles. The monoisotopic (exact) mass is 309 g/mol. The van der Waals surface area contributed by atoms with E-state index in [1.165, 1.54) is 0 Å². The maximum Gasteiger partial charge on any atom is 0.241 e. The molecular weight excluding hydrogens is 286 g/mol. The number of hydrogen-bond donors (Lipinski definition) is 2. The van der Waals surface area contributed by atoms with E-state index >= 15 is 0 Å². The van der Waals surface area contributed by atoms with Crippen molar-refractivity contribution in [3.05, 3.63) is 28.8 Å². The van der Waals surface area contributed by atoms with Gasteiger partial charge in [-0.2, -0.15) is 0 Å². The minimum absolute atomic E-state index is 0.0145. The van der Waals surface area contributed by atoms with E-state index in [0.717, 1.165) is 37.2 Å². The van der Waals surface area contributed by atoms with Crippen LogP contribution in [-0.2, 0) is 4.79 Å². The highest BCUT2D eigenvalue weighted by Crippen LogP contribution is 2.23. The van der Waals surface area contributed by atoms with Gasteiger partial charge in [-0.1, -0.05) is 17.7 Å². The van der Waals surface area contributed by atoms with Crippen molar-refractivity contribution in [3.8, 4) is 0 Å². The van der Waals surface area contributed by atoms with E-state index < -0.39 is 0 Å². The highest BCUT2D eigenvalue weighted by Gasteiger charge is 2.21. The third-order valence-electron chi connectivity index (χ3n) is 4.12. The number of nitrogens with one attached hydrogen (secondary N) is 2. The fourth-order valence-corrected chi connectivity index (χ4v) is 2.76. The third kappa shape index (κ3) is 4.43. The first-order valence-corrected chi connectivity index (χ1v) is 7.85. The Bertz CT molecular complexity index is 498. The average molecular weight is 310 g/mol. The Labute approximate surface area is 131 Å². The van der Waals surface area contributed by atoms with Crippen LogP contribution in [-0.4, -0.2) is 43.0 Å². The molecular formula is C16H24ClN3O. The highest BCUT2D eigenvalue weighted by molar-refractivity contribution is 6.31. The van der Waals surface area contributed by atoms with E-state index in [1.807, 2.05) is 32.0 Å². The number of piperidine rings is 1. The molecule has 1 aliphatic heterocycles. The summed E-state index contributed by atoms with van der Waals surface area (Å²) in [6.45, 7) is 5.99. The Hall–Kier alpha value is -1.10. The van der Waals surface area contributed by atoms with Crippen molar-refractivity contribution in [2.45, 2.75) is 38.8 Å². The predicted molar refractivity (Wildman–Crippen MR) is 87.9 cm³/mol. The standard InChI is InChI=1S/C16H24ClN3O/c1-11-14(17)5-4-6-15(11)19-16(21)12(2)18-13-7-9-20(3)10-8-13/h4-6,12-13,18H,7-10H2,1-3H3,(H,19,21)/t12-/m0/s1. The second-order valence-corrected chi connectivity index (χ2v) is 6.27. The summed E-state index contributed by atoms with van der Waals surface area (Å²) in [5, 5.41) is 7.04. The summed E-state index contributed by atoms with van der Waals surface area (Å²) < 4.78 is 0. The van der Waals surface area contributed by atoms with E-state index in [4.69, 9.17) is 11.6 Å². The van der Waals surface area contributed by atoms with Crippen LogP contribution in [0.5, 0.6) is 0 Å². The molecule has 5 heteroatoms. The van der Waals surface area contributed by atoms with Crippen LogP contribution in [0, 0.1) is 6.92 Å². The molecule has 1 amide bonds. The molecule has 0 bridgehead atoms. The van der Waals surface area contributed by atoms with Crippen LogP contribution in [0.4, 0.5) is 5.69 Å². The van der Waals surface area contributed by atoms with Crippen molar-refractivity contribution in [2.24, 2.45) is 0 Å². The number of rotatable bonds is 4. The Balaban J connectivity index is 1.89. The smallest absolute Gasteiger partial charge is 0.241 e. The lowest BCUT2D eigenvalue weighted by atomic mass is 10.0. The Morgan fingerprint density at radius 3 is 2.71 bits per heavy atom. The molecule has 1 aromatic rings. The van der Waals surface area contributed by atoms with E-state index in [1.54, 1.807) is 0 Å². The minimum Gasteiger partial charge on any atom is -0.324 e. The van der Waals surface area contributed by atoms with Crippen LogP contribution in [0.25, 0.3) is 0 Å². The quantitative estimate of drug-likeness (QED) is 0.899. The molecule has 0 radical (unpaired) electrons. The zero-order valence-electron chi connectivity index (χ0n) is 12.9. The van der Waals surface area contributed by atoms with Gasteiger partial charge in [0, 0.05) is 16.8 Å². The molecule has 1 aromatic carbocycles. The lowest BCUT2D eigenvalue weighted by Gasteiger charge is -2.31. The van der Waals surface area contributed by atoms with Crippen LogP contribution in [0.1, 0.15) is 25.3 Å². The lowest BCUT2D eigenvalue weighted by molar-refractivity contribution is -0.118. The van der Waals surface area contributed by atoms with Gasteiger partial charge in [-0.15, -0.1) is 0 Å². The number of likely N-dealkylation sites (tertiary alicyclic amines) is 1. The number of benzene rings is 1. The van der Waals surface area contributed by atoms with Crippen molar-refractivity contribution in [3.63, 3.8) is 0 Å². The van der Waals surface area contributed by atoms with Crippen molar-refractivity contribution in [1.82, 2.24) is 10.2 Å². The number of carbonyl (C=O) groups excluding carboxylic acids is 1. The fourth-order valence-electron chi connectivity index (χ4n) is 2.59. The summed E-state index contributed by atoms with van der Waals surface area (Å²) in [7, 11) is 2.13. The van der Waals surface area contributed by atoms with E-state index in [9.17, 15) is 4.79 Å². The van der Waals surface area contributed by atoms with Crippen molar-refractivity contribution >= 4 is 23.2 Å². The molecule has 0 aromatic heterocycles. The van der Waals surface area contributed by atoms with Crippen LogP contribution in [0.2, 0.25) is 5.02 Å². The summed E-state index contributed by atoms with van der Waals surface area (Å²) in [4.78, 5) is 14.6. The number of carbonyl (C=O) groups is 1. The largest absolute Gasteiger partial charge is 0.324 e. The molecule has 1 atom stereocenters. The van der Waals surface area contributed by atoms with Crippen LogP contribution in [0.15, 0.2) is 18.2 Å². The number of nitrogens with zero attached hydrogens (tertiary/aromatic N) is 1. The molecule has 1 aliphatic rings. The molecule has 1 fully saturated rings. The number of halogens is 1. The number of hydrogen-bond acceptors (Lipinski definition) is 3. The normalized spacial score (nSPS) is 18.5. The predicted octanol–water partition coefficient (Wildman–Crippen LogP) is 2.66. The minimum atomic E-state index is -0.211. The average Bonchev–Trinajstić information content (AvgIpc) is 2.46. The first-order valence-electron chi connectivity index (χ1n) is 7.48. The zero-order chi connectivity index (χ0) is 15.4. The third-order valence-corrected chi connectivity index (χ3v) is 4.53. The summed E-state index contributed by atoms with van der Waals surface area (Å²) in [5.74, 6) is -0.0145. The van der Waals surface area contributed by atoms with Crippen molar-refractivity contribution in [2.75, 3.05) is 25.5 Å². The SMILES string of the molecule is Cc1c(Cl)cccc1NC(=O)[C@H](C)NC1CCN(C)CC1. The molecule has 116 valence electrons. The summed E-state index contributed by atoms with van der Waals surface area (Å²) in [6, 6.07) is 5.76. The lowest BCUT2D eigenvalue weighted by Crippen LogP contribution is -2.48. The van der Waals surface area contributed by atoms with E-state index in [2.05, 4.69) is 22.6 Å². The molecule has 4 nitrogen and oxygen atoms in total. The molecule has 0 unspecified atom stereocenters. The van der Waals surface area contributed by atoms with Gasteiger partial charge in [0.1, 0.15) is 0 Å². The second-order valence-electron chi connectivity index (χ2n) is 5.87. The van der Waals surface area contributed by atoms with Gasteiger partial charge in [0.2, 0.25) is 5.91 Å². The molecule has 0 saturated carbocycles. The molecule has 0 spiro atoms.